The summed E-state index contributed by atoms with van der Waals surface area (Å²) in [4.78, 5) is 14.4. The third-order valence-electron chi connectivity index (χ3n) is 3.38. The van der Waals surface area contributed by atoms with Gasteiger partial charge in [0, 0.05) is 43.1 Å². The van der Waals surface area contributed by atoms with Crippen LogP contribution in [0.1, 0.15) is 31.1 Å². The van der Waals surface area contributed by atoms with E-state index in [0.29, 0.717) is 17.4 Å². The zero-order chi connectivity index (χ0) is 15.4. The maximum Gasteiger partial charge on any atom is 0.256 e. The van der Waals surface area contributed by atoms with Crippen molar-refractivity contribution in [1.82, 2.24) is 9.78 Å². The number of anilines is 2. The minimum absolute atomic E-state index is 0.146. The molecule has 1 amide bonds. The molecule has 0 saturated heterocycles. The van der Waals surface area contributed by atoms with Crippen LogP contribution in [0, 0.1) is 0 Å². The molecule has 1 N–H and O–H groups in total. The Morgan fingerprint density at radius 3 is 2.43 bits per heavy atom. The van der Waals surface area contributed by atoms with Gasteiger partial charge < -0.3 is 10.2 Å². The number of carbonyl (C=O) groups is 1. The van der Waals surface area contributed by atoms with E-state index in [1.807, 2.05) is 31.3 Å². The van der Waals surface area contributed by atoms with Gasteiger partial charge >= 0.3 is 0 Å². The lowest BCUT2D eigenvalue weighted by Gasteiger charge is -2.27. The van der Waals surface area contributed by atoms with Crippen LogP contribution in [0.15, 0.2) is 36.5 Å². The van der Waals surface area contributed by atoms with Gasteiger partial charge in [-0.1, -0.05) is 0 Å². The molecular weight excluding hydrogens is 264 g/mol. The standard InChI is InChI=1S/C16H22N4O/c1-5-20(12(2)3)14-8-6-13(7-9-14)16(21)17-15-10-11-19(4)18-15/h6-12H,5H2,1-4H3,(H,17,18,21). The molecule has 0 aliphatic rings. The predicted octanol–water partition coefficient (Wildman–Crippen LogP) is 2.91. The maximum absolute atomic E-state index is 12.1. The molecule has 1 aromatic heterocycles. The molecule has 1 heterocycles. The van der Waals surface area contributed by atoms with Crippen molar-refractivity contribution < 1.29 is 4.79 Å². The normalized spacial score (nSPS) is 10.7. The summed E-state index contributed by atoms with van der Waals surface area (Å²) >= 11 is 0. The van der Waals surface area contributed by atoms with E-state index in [4.69, 9.17) is 0 Å². The molecule has 2 rings (SSSR count). The molecule has 0 saturated carbocycles. The molecule has 0 bridgehead atoms. The molecular formula is C16H22N4O. The third kappa shape index (κ3) is 3.62. The van der Waals surface area contributed by atoms with Crippen molar-refractivity contribution in [3.8, 4) is 0 Å². The van der Waals surface area contributed by atoms with Gasteiger partial charge in [0.2, 0.25) is 0 Å². The van der Waals surface area contributed by atoms with Gasteiger partial charge in [0.15, 0.2) is 5.82 Å². The molecule has 5 nitrogen and oxygen atoms in total. The lowest BCUT2D eigenvalue weighted by Crippen LogP contribution is -2.30. The summed E-state index contributed by atoms with van der Waals surface area (Å²) in [6, 6.07) is 9.86. The Kier molecular flexibility index (Phi) is 4.62. The van der Waals surface area contributed by atoms with Crippen molar-refractivity contribution >= 4 is 17.4 Å². The van der Waals surface area contributed by atoms with Crippen LogP contribution in [0.5, 0.6) is 0 Å². The second-order valence-corrected chi connectivity index (χ2v) is 5.26. The van der Waals surface area contributed by atoms with Crippen molar-refractivity contribution in [2.45, 2.75) is 26.8 Å². The van der Waals surface area contributed by atoms with E-state index in [1.165, 1.54) is 0 Å². The maximum atomic E-state index is 12.1. The van der Waals surface area contributed by atoms with E-state index in [-0.39, 0.29) is 5.91 Å². The summed E-state index contributed by atoms with van der Waals surface area (Å²) in [5.41, 5.74) is 1.76. The Bertz CT molecular complexity index is 601. The number of aromatic nitrogens is 2. The van der Waals surface area contributed by atoms with Crippen molar-refractivity contribution in [2.24, 2.45) is 7.05 Å². The number of hydrogen-bond acceptors (Lipinski definition) is 3. The van der Waals surface area contributed by atoms with Crippen LogP contribution in [0.3, 0.4) is 0 Å². The lowest BCUT2D eigenvalue weighted by molar-refractivity contribution is 0.102. The fourth-order valence-corrected chi connectivity index (χ4v) is 2.32. The minimum atomic E-state index is -0.146. The van der Waals surface area contributed by atoms with E-state index < -0.39 is 0 Å². The molecule has 112 valence electrons. The van der Waals surface area contributed by atoms with Gasteiger partial charge in [0.05, 0.1) is 0 Å². The Labute approximate surface area is 125 Å². The first-order valence-electron chi connectivity index (χ1n) is 7.19. The Balaban J connectivity index is 2.09. The molecule has 0 atom stereocenters. The molecule has 0 aliphatic heterocycles. The van der Waals surface area contributed by atoms with Gasteiger partial charge in [0.25, 0.3) is 5.91 Å². The molecule has 5 heteroatoms. The third-order valence-corrected chi connectivity index (χ3v) is 3.38. The fourth-order valence-electron chi connectivity index (χ4n) is 2.32. The highest BCUT2D eigenvalue weighted by molar-refractivity contribution is 6.03. The topological polar surface area (TPSA) is 50.2 Å². The number of amides is 1. The van der Waals surface area contributed by atoms with Crippen LogP contribution in [-0.2, 0) is 7.05 Å². The highest BCUT2D eigenvalue weighted by Gasteiger charge is 2.11. The van der Waals surface area contributed by atoms with E-state index in [0.717, 1.165) is 12.2 Å². The molecule has 0 radical (unpaired) electrons. The SMILES string of the molecule is CCN(c1ccc(C(=O)Nc2ccn(C)n2)cc1)C(C)C. The monoisotopic (exact) mass is 286 g/mol. The smallest absolute Gasteiger partial charge is 0.256 e. The lowest BCUT2D eigenvalue weighted by atomic mass is 10.1. The van der Waals surface area contributed by atoms with Crippen LogP contribution in [0.25, 0.3) is 0 Å². The first-order valence-corrected chi connectivity index (χ1v) is 7.19. The van der Waals surface area contributed by atoms with Crippen LogP contribution in [0.2, 0.25) is 0 Å². The average molecular weight is 286 g/mol. The first-order chi connectivity index (χ1) is 10.0. The average Bonchev–Trinajstić information content (AvgIpc) is 2.85. The fraction of sp³-hybridized carbons (Fsp3) is 0.375. The van der Waals surface area contributed by atoms with Gasteiger partial charge in [-0.05, 0) is 45.0 Å². The molecule has 0 fully saturated rings. The van der Waals surface area contributed by atoms with Crippen LogP contribution >= 0.6 is 0 Å². The van der Waals surface area contributed by atoms with Crippen LogP contribution in [-0.4, -0.2) is 28.3 Å². The summed E-state index contributed by atoms with van der Waals surface area (Å²) in [6.45, 7) is 7.38. The number of hydrogen-bond donors (Lipinski definition) is 1. The second kappa shape index (κ2) is 6.43. The molecule has 1 aromatic carbocycles. The van der Waals surface area contributed by atoms with E-state index in [2.05, 4.69) is 36.1 Å². The van der Waals surface area contributed by atoms with Crippen molar-refractivity contribution in [3.05, 3.63) is 42.1 Å². The van der Waals surface area contributed by atoms with E-state index in [1.54, 1.807) is 16.9 Å². The highest BCUT2D eigenvalue weighted by atomic mass is 16.1. The van der Waals surface area contributed by atoms with Crippen LogP contribution < -0.4 is 10.2 Å². The van der Waals surface area contributed by atoms with Crippen LogP contribution in [0.4, 0.5) is 11.5 Å². The number of carbonyl (C=O) groups excluding carboxylic acids is 1. The molecule has 2 aromatic rings. The van der Waals surface area contributed by atoms with Gasteiger partial charge in [0.1, 0.15) is 0 Å². The summed E-state index contributed by atoms with van der Waals surface area (Å²) in [7, 11) is 1.82. The summed E-state index contributed by atoms with van der Waals surface area (Å²) < 4.78 is 1.65. The molecule has 0 aliphatic carbocycles. The number of aryl methyl sites for hydroxylation is 1. The Hall–Kier alpha value is -2.30. The van der Waals surface area contributed by atoms with Gasteiger partial charge in [-0.15, -0.1) is 0 Å². The Morgan fingerprint density at radius 2 is 1.95 bits per heavy atom. The predicted molar refractivity (Wildman–Crippen MR) is 85.8 cm³/mol. The summed E-state index contributed by atoms with van der Waals surface area (Å²) in [5, 5.41) is 6.91. The van der Waals surface area contributed by atoms with Crippen molar-refractivity contribution in [2.75, 3.05) is 16.8 Å². The highest BCUT2D eigenvalue weighted by Crippen LogP contribution is 2.18. The first kappa shape index (κ1) is 15.1. The zero-order valence-electron chi connectivity index (χ0n) is 13.0. The van der Waals surface area contributed by atoms with E-state index >= 15 is 0 Å². The van der Waals surface area contributed by atoms with Crippen molar-refractivity contribution in [1.29, 1.82) is 0 Å². The number of benzene rings is 1. The summed E-state index contributed by atoms with van der Waals surface area (Å²) in [5.74, 6) is 0.414. The molecule has 0 unspecified atom stereocenters. The quantitative estimate of drug-likeness (QED) is 0.919. The van der Waals surface area contributed by atoms with E-state index in [9.17, 15) is 4.79 Å². The summed E-state index contributed by atoms with van der Waals surface area (Å²) in [6.07, 6.45) is 1.79. The Morgan fingerprint density at radius 1 is 1.29 bits per heavy atom. The van der Waals surface area contributed by atoms with Crippen molar-refractivity contribution in [3.63, 3.8) is 0 Å². The second-order valence-electron chi connectivity index (χ2n) is 5.26. The number of rotatable bonds is 5. The zero-order valence-corrected chi connectivity index (χ0v) is 13.0. The largest absolute Gasteiger partial charge is 0.369 e. The van der Waals surface area contributed by atoms with Gasteiger partial charge in [-0.3, -0.25) is 9.48 Å². The van der Waals surface area contributed by atoms with Gasteiger partial charge in [-0.25, -0.2) is 0 Å². The minimum Gasteiger partial charge on any atom is -0.369 e. The molecule has 21 heavy (non-hydrogen) atoms. The number of nitrogens with one attached hydrogen (secondary N) is 1. The molecule has 0 spiro atoms. The van der Waals surface area contributed by atoms with Gasteiger partial charge in [-0.2, -0.15) is 5.10 Å². The number of nitrogens with zero attached hydrogens (tertiary/aromatic N) is 3.